The highest BCUT2D eigenvalue weighted by Gasteiger charge is 2.22. The average Bonchev–Trinajstić information content (AvgIpc) is 2.23. The van der Waals surface area contributed by atoms with Gasteiger partial charge in [-0.1, -0.05) is 26.2 Å². The van der Waals surface area contributed by atoms with Gasteiger partial charge in [0.2, 0.25) is 0 Å². The molecule has 0 saturated heterocycles. The van der Waals surface area contributed by atoms with E-state index in [1.807, 2.05) is 6.92 Å². The molecular formula is C13H21N3. The summed E-state index contributed by atoms with van der Waals surface area (Å²) >= 11 is 0. The lowest BCUT2D eigenvalue weighted by Crippen LogP contribution is -2.21. The first-order valence-electron chi connectivity index (χ1n) is 6.29. The van der Waals surface area contributed by atoms with Gasteiger partial charge < -0.3 is 5.73 Å². The number of hydrogen-bond donors (Lipinski definition) is 1. The van der Waals surface area contributed by atoms with E-state index in [1.54, 1.807) is 0 Å². The van der Waals surface area contributed by atoms with Gasteiger partial charge in [-0.05, 0) is 37.3 Å². The molecule has 1 heterocycles. The first-order valence-corrected chi connectivity index (χ1v) is 6.29. The molecule has 0 aromatic carbocycles. The van der Waals surface area contributed by atoms with Gasteiger partial charge in [-0.2, -0.15) is 10.2 Å². The third kappa shape index (κ3) is 2.40. The zero-order valence-electron chi connectivity index (χ0n) is 10.2. The molecular weight excluding hydrogens is 198 g/mol. The van der Waals surface area contributed by atoms with E-state index in [9.17, 15) is 0 Å². The van der Waals surface area contributed by atoms with Crippen molar-refractivity contribution in [1.29, 1.82) is 0 Å². The van der Waals surface area contributed by atoms with Crippen LogP contribution in [0.4, 0.5) is 0 Å². The van der Waals surface area contributed by atoms with Gasteiger partial charge >= 0.3 is 0 Å². The molecule has 0 bridgehead atoms. The molecule has 2 N–H and O–H groups in total. The second-order valence-corrected chi connectivity index (χ2v) is 4.88. The molecule has 1 atom stereocenters. The van der Waals surface area contributed by atoms with E-state index in [4.69, 9.17) is 5.73 Å². The van der Waals surface area contributed by atoms with Crippen LogP contribution in [0.5, 0.6) is 0 Å². The van der Waals surface area contributed by atoms with Gasteiger partial charge in [0.05, 0.1) is 11.4 Å². The fourth-order valence-corrected chi connectivity index (χ4v) is 2.34. The van der Waals surface area contributed by atoms with E-state index in [-0.39, 0.29) is 6.04 Å². The van der Waals surface area contributed by atoms with Crippen molar-refractivity contribution < 1.29 is 0 Å². The zero-order chi connectivity index (χ0) is 11.5. The number of aromatic nitrogens is 2. The van der Waals surface area contributed by atoms with E-state index in [1.165, 1.54) is 24.8 Å². The van der Waals surface area contributed by atoms with Gasteiger partial charge in [-0.15, -0.1) is 0 Å². The van der Waals surface area contributed by atoms with Crippen molar-refractivity contribution in [1.82, 2.24) is 10.2 Å². The second-order valence-electron chi connectivity index (χ2n) is 4.88. The summed E-state index contributed by atoms with van der Waals surface area (Å²) in [6, 6.07) is 2.25. The van der Waals surface area contributed by atoms with Crippen LogP contribution in [0.3, 0.4) is 0 Å². The minimum atomic E-state index is 0.148. The number of nitrogens with zero attached hydrogens (tertiary/aromatic N) is 2. The summed E-state index contributed by atoms with van der Waals surface area (Å²) in [7, 11) is 0. The van der Waals surface area contributed by atoms with Crippen molar-refractivity contribution >= 4 is 0 Å². The van der Waals surface area contributed by atoms with Gasteiger partial charge in [0.1, 0.15) is 0 Å². The van der Waals surface area contributed by atoms with Crippen molar-refractivity contribution in [2.24, 2.45) is 11.7 Å². The highest BCUT2D eigenvalue weighted by atomic mass is 15.1. The predicted octanol–water partition coefficient (Wildman–Crippen LogP) is 2.54. The van der Waals surface area contributed by atoms with Crippen molar-refractivity contribution in [3.8, 4) is 0 Å². The number of aryl methyl sites for hydroxylation is 2. The molecule has 1 saturated carbocycles. The Hall–Kier alpha value is -0.960. The molecule has 0 radical (unpaired) electrons. The summed E-state index contributed by atoms with van der Waals surface area (Å²) in [5.74, 6) is 0.841. The Morgan fingerprint density at radius 1 is 1.44 bits per heavy atom. The summed E-state index contributed by atoms with van der Waals surface area (Å²) in [6.45, 7) is 4.09. The number of nitrogens with two attached hydrogens (primary N) is 1. The first kappa shape index (κ1) is 11.5. The molecule has 1 aromatic rings. The molecule has 1 aromatic heterocycles. The quantitative estimate of drug-likeness (QED) is 0.846. The molecule has 1 unspecified atom stereocenters. The lowest BCUT2D eigenvalue weighted by molar-refractivity contribution is 0.276. The summed E-state index contributed by atoms with van der Waals surface area (Å²) in [5.41, 5.74) is 9.53. The van der Waals surface area contributed by atoms with Crippen LogP contribution >= 0.6 is 0 Å². The minimum absolute atomic E-state index is 0.148. The van der Waals surface area contributed by atoms with Crippen LogP contribution in [-0.4, -0.2) is 10.2 Å². The smallest absolute Gasteiger partial charge is 0.0676 e. The van der Waals surface area contributed by atoms with Crippen LogP contribution in [0, 0.1) is 12.8 Å². The van der Waals surface area contributed by atoms with Crippen LogP contribution in [0.15, 0.2) is 6.07 Å². The number of hydrogen-bond acceptors (Lipinski definition) is 3. The van der Waals surface area contributed by atoms with Crippen molar-refractivity contribution in [3.63, 3.8) is 0 Å². The molecule has 3 nitrogen and oxygen atoms in total. The lowest BCUT2D eigenvalue weighted by atomic mass is 9.79. The molecule has 3 heteroatoms. The monoisotopic (exact) mass is 219 g/mol. The normalized spacial score (nSPS) is 18.2. The summed E-state index contributed by atoms with van der Waals surface area (Å²) < 4.78 is 0. The maximum atomic E-state index is 6.28. The van der Waals surface area contributed by atoms with Gasteiger partial charge in [0.25, 0.3) is 0 Å². The van der Waals surface area contributed by atoms with Crippen LogP contribution in [0.1, 0.15) is 55.6 Å². The Balaban J connectivity index is 2.13. The van der Waals surface area contributed by atoms with Gasteiger partial charge in [-0.25, -0.2) is 0 Å². The topological polar surface area (TPSA) is 51.8 Å². The SMILES string of the molecule is CCc1nnc(C)cc1C(N)CC1CCC1. The molecule has 1 aliphatic rings. The second kappa shape index (κ2) is 4.91. The van der Waals surface area contributed by atoms with Crippen LogP contribution in [-0.2, 0) is 6.42 Å². The Labute approximate surface area is 97.5 Å². The largest absolute Gasteiger partial charge is 0.324 e. The average molecular weight is 219 g/mol. The predicted molar refractivity (Wildman–Crippen MR) is 65.0 cm³/mol. The third-order valence-electron chi connectivity index (χ3n) is 3.57. The van der Waals surface area contributed by atoms with E-state index in [0.29, 0.717) is 0 Å². The van der Waals surface area contributed by atoms with Crippen molar-refractivity contribution in [2.75, 3.05) is 0 Å². The summed E-state index contributed by atoms with van der Waals surface area (Å²) in [6.07, 6.45) is 6.12. The summed E-state index contributed by atoms with van der Waals surface area (Å²) in [5, 5.41) is 8.34. The molecule has 16 heavy (non-hydrogen) atoms. The standard InChI is InChI=1S/C13H21N3/c1-3-13-11(7-9(2)15-16-13)12(14)8-10-5-4-6-10/h7,10,12H,3-6,8,14H2,1-2H3. The Morgan fingerprint density at radius 3 is 2.75 bits per heavy atom. The van der Waals surface area contributed by atoms with Crippen LogP contribution < -0.4 is 5.73 Å². The maximum Gasteiger partial charge on any atom is 0.0676 e. The molecule has 2 rings (SSSR count). The fraction of sp³-hybridized carbons (Fsp3) is 0.692. The maximum absolute atomic E-state index is 6.28. The lowest BCUT2D eigenvalue weighted by Gasteiger charge is -2.28. The molecule has 0 aliphatic heterocycles. The Morgan fingerprint density at radius 2 is 2.19 bits per heavy atom. The highest BCUT2D eigenvalue weighted by molar-refractivity contribution is 5.24. The van der Waals surface area contributed by atoms with E-state index in [0.717, 1.165) is 30.1 Å². The third-order valence-corrected chi connectivity index (χ3v) is 3.57. The molecule has 0 spiro atoms. The van der Waals surface area contributed by atoms with Gasteiger partial charge in [0.15, 0.2) is 0 Å². The zero-order valence-corrected chi connectivity index (χ0v) is 10.2. The van der Waals surface area contributed by atoms with E-state index >= 15 is 0 Å². The Bertz CT molecular complexity index is 358. The van der Waals surface area contributed by atoms with Gasteiger partial charge in [0, 0.05) is 6.04 Å². The van der Waals surface area contributed by atoms with Crippen molar-refractivity contribution in [2.45, 2.75) is 52.0 Å². The van der Waals surface area contributed by atoms with Crippen LogP contribution in [0.25, 0.3) is 0 Å². The summed E-state index contributed by atoms with van der Waals surface area (Å²) in [4.78, 5) is 0. The first-order chi connectivity index (χ1) is 7.70. The van der Waals surface area contributed by atoms with Crippen molar-refractivity contribution in [3.05, 3.63) is 23.0 Å². The van der Waals surface area contributed by atoms with E-state index in [2.05, 4.69) is 23.2 Å². The molecule has 1 aliphatic carbocycles. The molecule has 1 fully saturated rings. The molecule has 88 valence electrons. The minimum Gasteiger partial charge on any atom is -0.324 e. The highest BCUT2D eigenvalue weighted by Crippen LogP contribution is 2.34. The van der Waals surface area contributed by atoms with Gasteiger partial charge in [-0.3, -0.25) is 0 Å². The fourth-order valence-electron chi connectivity index (χ4n) is 2.34. The van der Waals surface area contributed by atoms with Crippen LogP contribution in [0.2, 0.25) is 0 Å². The van der Waals surface area contributed by atoms with E-state index < -0.39 is 0 Å². The number of rotatable bonds is 4. The molecule has 0 amide bonds. The Kier molecular flexibility index (Phi) is 3.54.